The van der Waals surface area contributed by atoms with Gasteiger partial charge in [-0.25, -0.2) is 4.68 Å². The predicted molar refractivity (Wildman–Crippen MR) is 73.4 cm³/mol. The van der Waals surface area contributed by atoms with Crippen molar-refractivity contribution in [1.82, 2.24) is 9.78 Å². The smallest absolute Gasteiger partial charge is 0.378 e. The fraction of sp³-hybridized carbons (Fsp3) is 0.667. The second-order valence-corrected chi connectivity index (χ2v) is 5.53. The highest BCUT2D eigenvalue weighted by Gasteiger charge is 2.30. The van der Waals surface area contributed by atoms with Crippen molar-refractivity contribution in [2.24, 2.45) is 5.73 Å². The van der Waals surface area contributed by atoms with Crippen molar-refractivity contribution in [2.45, 2.75) is 50.5 Å². The van der Waals surface area contributed by atoms with E-state index >= 15 is 0 Å². The molecule has 1 aromatic rings. The zero-order valence-electron chi connectivity index (χ0n) is 11.2. The van der Waals surface area contributed by atoms with Crippen LogP contribution in [0.3, 0.4) is 0 Å². The predicted octanol–water partition coefficient (Wildman–Crippen LogP) is 2.14. The number of nitrogens with zero attached hydrogens (tertiary/aromatic N) is 2. The Hall–Kier alpha value is -1.28. The fourth-order valence-electron chi connectivity index (χ4n) is 2.39. The van der Waals surface area contributed by atoms with Gasteiger partial charge in [0.05, 0.1) is 11.9 Å². The molecule has 1 heterocycles. The standard InChI is InChI=1S/C12H16ClF3N4O/c13-10-9(19-8-4-2-1-3-7(8)17)5-18-20(11(10)21)6-12(14,15)16/h5,7-8,19H,1-4,6,17H2. The zero-order chi connectivity index (χ0) is 15.6. The largest absolute Gasteiger partial charge is 0.408 e. The lowest BCUT2D eigenvalue weighted by atomic mass is 9.91. The molecule has 1 aromatic heterocycles. The number of hydrogen-bond acceptors (Lipinski definition) is 4. The molecule has 1 saturated carbocycles. The van der Waals surface area contributed by atoms with E-state index in [4.69, 9.17) is 17.3 Å². The molecular weight excluding hydrogens is 309 g/mol. The Labute approximate surface area is 124 Å². The Bertz CT molecular complexity index is 560. The Balaban J connectivity index is 2.18. The van der Waals surface area contributed by atoms with Crippen LogP contribution in [-0.2, 0) is 6.54 Å². The molecule has 9 heteroatoms. The number of alkyl halides is 3. The third-order valence-corrected chi connectivity index (χ3v) is 3.84. The maximum Gasteiger partial charge on any atom is 0.408 e. The van der Waals surface area contributed by atoms with Crippen LogP contribution in [0.15, 0.2) is 11.0 Å². The van der Waals surface area contributed by atoms with Crippen LogP contribution >= 0.6 is 11.6 Å². The third-order valence-electron chi connectivity index (χ3n) is 3.47. The van der Waals surface area contributed by atoms with E-state index in [1.54, 1.807) is 0 Å². The Morgan fingerprint density at radius 2 is 2.10 bits per heavy atom. The summed E-state index contributed by atoms with van der Waals surface area (Å²) in [5.41, 5.74) is 5.23. The van der Waals surface area contributed by atoms with Crippen molar-refractivity contribution in [3.05, 3.63) is 21.6 Å². The summed E-state index contributed by atoms with van der Waals surface area (Å²) in [6, 6.07) is -0.136. The van der Waals surface area contributed by atoms with Gasteiger partial charge in [0.2, 0.25) is 0 Å². The van der Waals surface area contributed by atoms with Crippen LogP contribution in [0.4, 0.5) is 18.9 Å². The Morgan fingerprint density at radius 1 is 1.43 bits per heavy atom. The van der Waals surface area contributed by atoms with E-state index in [1.807, 2.05) is 0 Å². The first kappa shape index (κ1) is 16.1. The number of aromatic nitrogens is 2. The molecule has 2 rings (SSSR count). The summed E-state index contributed by atoms with van der Waals surface area (Å²) >= 11 is 5.85. The number of rotatable bonds is 3. The van der Waals surface area contributed by atoms with Crippen LogP contribution in [0.1, 0.15) is 25.7 Å². The first-order valence-electron chi connectivity index (χ1n) is 6.62. The van der Waals surface area contributed by atoms with Gasteiger partial charge in [-0.2, -0.15) is 18.3 Å². The molecule has 0 amide bonds. The third kappa shape index (κ3) is 4.10. The molecule has 0 aliphatic heterocycles. The van der Waals surface area contributed by atoms with Gasteiger partial charge >= 0.3 is 6.18 Å². The van der Waals surface area contributed by atoms with Gasteiger partial charge in [0.15, 0.2) is 0 Å². The topological polar surface area (TPSA) is 72.9 Å². The molecule has 2 atom stereocenters. The molecule has 2 unspecified atom stereocenters. The van der Waals surface area contributed by atoms with Crippen LogP contribution in [0.25, 0.3) is 0 Å². The summed E-state index contributed by atoms with van der Waals surface area (Å²) in [6.45, 7) is -1.46. The van der Waals surface area contributed by atoms with E-state index in [2.05, 4.69) is 10.4 Å². The molecule has 0 spiro atoms. The van der Waals surface area contributed by atoms with Crippen LogP contribution in [0, 0.1) is 0 Å². The van der Waals surface area contributed by atoms with Gasteiger partial charge in [0.25, 0.3) is 5.56 Å². The molecule has 1 fully saturated rings. The second kappa shape index (κ2) is 6.23. The minimum absolute atomic E-state index is 0.0593. The lowest BCUT2D eigenvalue weighted by molar-refractivity contribution is -0.143. The lowest BCUT2D eigenvalue weighted by Crippen LogP contribution is -2.43. The summed E-state index contributed by atoms with van der Waals surface area (Å²) in [4.78, 5) is 11.8. The highest BCUT2D eigenvalue weighted by atomic mass is 35.5. The minimum atomic E-state index is -4.53. The van der Waals surface area contributed by atoms with Crippen LogP contribution in [-0.4, -0.2) is 28.0 Å². The molecule has 3 N–H and O–H groups in total. The average molecular weight is 325 g/mol. The molecule has 1 aliphatic rings. The normalized spacial score (nSPS) is 23.1. The average Bonchev–Trinajstić information content (AvgIpc) is 2.39. The van der Waals surface area contributed by atoms with Crippen molar-refractivity contribution in [3.8, 4) is 0 Å². The van der Waals surface area contributed by atoms with E-state index in [0.717, 1.165) is 31.9 Å². The molecule has 0 radical (unpaired) electrons. The van der Waals surface area contributed by atoms with E-state index in [-0.39, 0.29) is 22.8 Å². The van der Waals surface area contributed by atoms with E-state index < -0.39 is 18.3 Å². The Morgan fingerprint density at radius 3 is 2.71 bits per heavy atom. The second-order valence-electron chi connectivity index (χ2n) is 5.15. The quantitative estimate of drug-likeness (QED) is 0.893. The Kier molecular flexibility index (Phi) is 4.77. The van der Waals surface area contributed by atoms with Gasteiger partial charge in [0, 0.05) is 12.1 Å². The number of halogens is 4. The van der Waals surface area contributed by atoms with Crippen LogP contribution in [0.2, 0.25) is 5.02 Å². The van der Waals surface area contributed by atoms with Crippen molar-refractivity contribution >= 4 is 17.3 Å². The van der Waals surface area contributed by atoms with E-state index in [0.29, 0.717) is 4.68 Å². The molecule has 21 heavy (non-hydrogen) atoms. The first-order chi connectivity index (χ1) is 9.78. The summed E-state index contributed by atoms with van der Waals surface area (Å²) in [7, 11) is 0. The van der Waals surface area contributed by atoms with Gasteiger partial charge in [-0.1, -0.05) is 24.4 Å². The molecule has 1 aliphatic carbocycles. The number of nitrogens with one attached hydrogen (secondary N) is 1. The molecule has 0 bridgehead atoms. The van der Waals surface area contributed by atoms with Gasteiger partial charge in [0.1, 0.15) is 11.6 Å². The van der Waals surface area contributed by atoms with Crippen molar-refractivity contribution in [3.63, 3.8) is 0 Å². The maximum atomic E-state index is 12.3. The van der Waals surface area contributed by atoms with Gasteiger partial charge in [-0.3, -0.25) is 4.79 Å². The van der Waals surface area contributed by atoms with Crippen molar-refractivity contribution in [1.29, 1.82) is 0 Å². The number of nitrogens with two attached hydrogens (primary N) is 1. The summed E-state index contributed by atoms with van der Waals surface area (Å²) < 4.78 is 37.2. The highest BCUT2D eigenvalue weighted by Crippen LogP contribution is 2.24. The zero-order valence-corrected chi connectivity index (χ0v) is 11.9. The van der Waals surface area contributed by atoms with E-state index in [9.17, 15) is 18.0 Å². The molecule has 0 aromatic carbocycles. The first-order valence-corrected chi connectivity index (χ1v) is 7.00. The van der Waals surface area contributed by atoms with Crippen LogP contribution in [0.5, 0.6) is 0 Å². The SMILES string of the molecule is NC1CCCCC1Nc1cnn(CC(F)(F)F)c(=O)c1Cl. The van der Waals surface area contributed by atoms with Crippen LogP contribution < -0.4 is 16.6 Å². The van der Waals surface area contributed by atoms with E-state index in [1.165, 1.54) is 0 Å². The maximum absolute atomic E-state index is 12.3. The highest BCUT2D eigenvalue weighted by molar-refractivity contribution is 6.32. The minimum Gasteiger partial charge on any atom is -0.378 e. The van der Waals surface area contributed by atoms with Crippen molar-refractivity contribution < 1.29 is 13.2 Å². The number of anilines is 1. The summed E-state index contributed by atoms with van der Waals surface area (Å²) in [5.74, 6) is 0. The molecule has 118 valence electrons. The lowest BCUT2D eigenvalue weighted by Gasteiger charge is -2.30. The number of hydrogen-bond donors (Lipinski definition) is 2. The van der Waals surface area contributed by atoms with Gasteiger partial charge in [-0.05, 0) is 12.8 Å². The van der Waals surface area contributed by atoms with Gasteiger partial charge in [-0.15, -0.1) is 0 Å². The molecule has 0 saturated heterocycles. The molecule has 5 nitrogen and oxygen atoms in total. The van der Waals surface area contributed by atoms with Gasteiger partial charge < -0.3 is 11.1 Å². The van der Waals surface area contributed by atoms with Crippen molar-refractivity contribution in [2.75, 3.05) is 5.32 Å². The summed E-state index contributed by atoms with van der Waals surface area (Å²) in [6.07, 6.45) is 0.328. The monoisotopic (exact) mass is 324 g/mol. The fourth-order valence-corrected chi connectivity index (χ4v) is 2.59. The summed E-state index contributed by atoms with van der Waals surface area (Å²) in [5, 5.41) is 6.23. The molecular formula is C12H16ClF3N4O.